The maximum Gasteiger partial charge on any atom is 0.151 e. The van der Waals surface area contributed by atoms with E-state index in [-0.39, 0.29) is 12.3 Å². The van der Waals surface area contributed by atoms with Crippen LogP contribution in [0.25, 0.3) is 0 Å². The average molecular weight is 257 g/mol. The molecule has 0 saturated heterocycles. The number of methoxy groups -OCH3 is 1. The van der Waals surface area contributed by atoms with Gasteiger partial charge in [-0.2, -0.15) is 0 Å². The minimum absolute atomic E-state index is 0.145. The van der Waals surface area contributed by atoms with Crippen LogP contribution in [0, 0.1) is 5.82 Å². The molecule has 1 aromatic rings. The highest BCUT2D eigenvalue weighted by atomic mass is 19.1. The molecule has 0 aliphatic carbocycles. The van der Waals surface area contributed by atoms with Gasteiger partial charge in [0.25, 0.3) is 0 Å². The molecule has 18 heavy (non-hydrogen) atoms. The van der Waals surface area contributed by atoms with Crippen molar-refractivity contribution in [3.63, 3.8) is 0 Å². The number of ether oxygens (including phenoxy) is 3. The Morgan fingerprint density at radius 3 is 2.67 bits per heavy atom. The molecule has 0 aliphatic heterocycles. The summed E-state index contributed by atoms with van der Waals surface area (Å²) in [5, 5.41) is 0. The monoisotopic (exact) mass is 257 g/mol. The molecule has 5 heteroatoms. The minimum atomic E-state index is -0.404. The molecule has 0 fully saturated rings. The van der Waals surface area contributed by atoms with E-state index in [0.29, 0.717) is 32.0 Å². The van der Waals surface area contributed by atoms with E-state index in [1.807, 2.05) is 0 Å². The Morgan fingerprint density at radius 2 is 1.89 bits per heavy atom. The second-order valence-electron chi connectivity index (χ2n) is 3.83. The number of benzene rings is 1. The predicted octanol–water partition coefficient (Wildman–Crippen LogP) is 1.98. The predicted molar refractivity (Wildman–Crippen MR) is 67.8 cm³/mol. The van der Waals surface area contributed by atoms with Gasteiger partial charge >= 0.3 is 0 Å². The van der Waals surface area contributed by atoms with Crippen molar-refractivity contribution in [3.05, 3.63) is 29.6 Å². The zero-order chi connectivity index (χ0) is 13.2. The lowest BCUT2D eigenvalue weighted by atomic mass is 10.2. The lowest BCUT2D eigenvalue weighted by Crippen LogP contribution is -2.07. The molecule has 0 amide bonds. The van der Waals surface area contributed by atoms with Gasteiger partial charge in [0.2, 0.25) is 0 Å². The third kappa shape index (κ3) is 5.44. The van der Waals surface area contributed by atoms with E-state index in [1.165, 1.54) is 6.07 Å². The van der Waals surface area contributed by atoms with E-state index in [9.17, 15) is 4.39 Å². The molecule has 0 spiro atoms. The molecule has 2 N–H and O–H groups in total. The summed E-state index contributed by atoms with van der Waals surface area (Å²) in [6.07, 6.45) is 0.861. The van der Waals surface area contributed by atoms with E-state index >= 15 is 0 Å². The highest BCUT2D eigenvalue weighted by molar-refractivity contribution is 5.42. The first-order valence-electron chi connectivity index (χ1n) is 5.93. The van der Waals surface area contributed by atoms with Crippen molar-refractivity contribution in [1.29, 1.82) is 0 Å². The topological polar surface area (TPSA) is 53.7 Å². The summed E-state index contributed by atoms with van der Waals surface area (Å²) in [6.45, 7) is 2.46. The average Bonchev–Trinajstić information content (AvgIpc) is 2.37. The highest BCUT2D eigenvalue weighted by Gasteiger charge is 2.04. The number of anilines is 1. The Bertz CT molecular complexity index is 347. The molecule has 0 unspecified atom stereocenters. The van der Waals surface area contributed by atoms with Crippen LogP contribution in [0.4, 0.5) is 10.1 Å². The Hall–Kier alpha value is -1.17. The van der Waals surface area contributed by atoms with Crippen molar-refractivity contribution in [2.45, 2.75) is 13.0 Å². The van der Waals surface area contributed by atoms with Gasteiger partial charge in [0.1, 0.15) is 0 Å². The smallest absolute Gasteiger partial charge is 0.151 e. The first kappa shape index (κ1) is 14.9. The molecule has 0 atom stereocenters. The molecule has 0 bridgehead atoms. The first-order valence-corrected chi connectivity index (χ1v) is 5.93. The second-order valence-corrected chi connectivity index (χ2v) is 3.83. The molecule has 1 rings (SSSR count). The van der Waals surface area contributed by atoms with Gasteiger partial charge in [-0.05, 0) is 12.5 Å². The van der Waals surface area contributed by atoms with Gasteiger partial charge in [0, 0.05) is 25.9 Å². The number of hydrogen-bond acceptors (Lipinski definition) is 4. The van der Waals surface area contributed by atoms with Crippen LogP contribution in [0.2, 0.25) is 0 Å². The molecule has 0 aliphatic rings. The molecule has 0 saturated carbocycles. The van der Waals surface area contributed by atoms with Crippen LogP contribution in [-0.4, -0.2) is 33.5 Å². The molecule has 102 valence electrons. The van der Waals surface area contributed by atoms with Crippen LogP contribution >= 0.6 is 0 Å². The maximum absolute atomic E-state index is 13.5. The summed E-state index contributed by atoms with van der Waals surface area (Å²) >= 11 is 0. The van der Waals surface area contributed by atoms with E-state index in [4.69, 9.17) is 19.9 Å². The molecule has 1 aromatic carbocycles. The normalized spacial score (nSPS) is 10.8. The summed E-state index contributed by atoms with van der Waals surface area (Å²) in [5.74, 6) is -0.404. The van der Waals surface area contributed by atoms with Crippen molar-refractivity contribution in [2.24, 2.45) is 0 Å². The van der Waals surface area contributed by atoms with Crippen LogP contribution in [0.5, 0.6) is 0 Å². The first-order chi connectivity index (χ1) is 8.75. The van der Waals surface area contributed by atoms with Crippen molar-refractivity contribution < 1.29 is 18.6 Å². The van der Waals surface area contributed by atoms with Crippen molar-refractivity contribution in [3.8, 4) is 0 Å². The number of hydrogen-bond donors (Lipinski definition) is 1. The highest BCUT2D eigenvalue weighted by Crippen LogP contribution is 2.15. The van der Waals surface area contributed by atoms with Crippen LogP contribution < -0.4 is 5.73 Å². The third-order valence-electron chi connectivity index (χ3n) is 2.38. The van der Waals surface area contributed by atoms with Gasteiger partial charge in [0.15, 0.2) is 5.82 Å². The zero-order valence-electron chi connectivity index (χ0n) is 10.7. The summed E-state index contributed by atoms with van der Waals surface area (Å²) in [7, 11) is 1.66. The van der Waals surface area contributed by atoms with Crippen molar-refractivity contribution >= 4 is 5.69 Å². The zero-order valence-corrected chi connectivity index (χ0v) is 10.7. The minimum Gasteiger partial charge on any atom is -0.396 e. The Labute approximate surface area is 107 Å². The van der Waals surface area contributed by atoms with E-state index in [2.05, 4.69) is 0 Å². The van der Waals surface area contributed by atoms with Crippen molar-refractivity contribution in [2.75, 3.05) is 39.3 Å². The van der Waals surface area contributed by atoms with E-state index in [1.54, 1.807) is 19.2 Å². The molecule has 0 heterocycles. The Kier molecular flexibility index (Phi) is 7.32. The van der Waals surface area contributed by atoms with Gasteiger partial charge < -0.3 is 19.9 Å². The molecular formula is C13H20FNO3. The quantitative estimate of drug-likeness (QED) is 0.543. The van der Waals surface area contributed by atoms with Crippen LogP contribution in [-0.2, 0) is 20.8 Å². The molecule has 0 aromatic heterocycles. The van der Waals surface area contributed by atoms with Crippen LogP contribution in [0.15, 0.2) is 18.2 Å². The standard InChI is InChI=1S/C13H20FNO3/c1-16-6-3-7-17-8-9-18-10-11-4-2-5-12(15)13(11)14/h2,4-5H,3,6-10,15H2,1H3. The number of nitrogen functional groups attached to an aromatic ring is 1. The summed E-state index contributed by atoms with van der Waals surface area (Å²) in [6, 6.07) is 4.89. The SMILES string of the molecule is COCCCOCCOCc1cccc(N)c1F. The van der Waals surface area contributed by atoms with Gasteiger partial charge in [-0.25, -0.2) is 4.39 Å². The fourth-order valence-corrected chi connectivity index (χ4v) is 1.42. The van der Waals surface area contributed by atoms with E-state index in [0.717, 1.165) is 6.42 Å². The summed E-state index contributed by atoms with van der Waals surface area (Å²) in [5.41, 5.74) is 6.06. The Morgan fingerprint density at radius 1 is 1.11 bits per heavy atom. The fourth-order valence-electron chi connectivity index (χ4n) is 1.42. The fraction of sp³-hybridized carbons (Fsp3) is 0.538. The van der Waals surface area contributed by atoms with Gasteiger partial charge in [-0.3, -0.25) is 0 Å². The molecular weight excluding hydrogens is 237 g/mol. The maximum atomic E-state index is 13.5. The van der Waals surface area contributed by atoms with Crippen molar-refractivity contribution in [1.82, 2.24) is 0 Å². The van der Waals surface area contributed by atoms with E-state index < -0.39 is 5.82 Å². The number of nitrogens with two attached hydrogens (primary N) is 1. The molecule has 0 radical (unpaired) electrons. The summed E-state index contributed by atoms with van der Waals surface area (Å²) in [4.78, 5) is 0. The molecule has 4 nitrogen and oxygen atoms in total. The lowest BCUT2D eigenvalue weighted by Gasteiger charge is -2.07. The van der Waals surface area contributed by atoms with Gasteiger partial charge in [-0.1, -0.05) is 12.1 Å². The van der Waals surface area contributed by atoms with Gasteiger partial charge in [0.05, 0.1) is 25.5 Å². The Balaban J connectivity index is 2.09. The lowest BCUT2D eigenvalue weighted by molar-refractivity contribution is 0.0329. The van der Waals surface area contributed by atoms with Crippen LogP contribution in [0.3, 0.4) is 0 Å². The second kappa shape index (κ2) is 8.85. The number of halogens is 1. The van der Waals surface area contributed by atoms with Crippen LogP contribution in [0.1, 0.15) is 12.0 Å². The summed E-state index contributed by atoms with van der Waals surface area (Å²) < 4.78 is 29.0. The number of rotatable bonds is 9. The largest absolute Gasteiger partial charge is 0.396 e. The van der Waals surface area contributed by atoms with Gasteiger partial charge in [-0.15, -0.1) is 0 Å². The third-order valence-corrected chi connectivity index (χ3v) is 2.38.